The lowest BCUT2D eigenvalue weighted by molar-refractivity contribution is 0.101. The first-order chi connectivity index (χ1) is 12.0. The quantitative estimate of drug-likeness (QED) is 0.557. The van der Waals surface area contributed by atoms with Gasteiger partial charge in [-0.05, 0) is 38.1 Å². The summed E-state index contributed by atoms with van der Waals surface area (Å²) in [5.74, 6) is 0.447. The number of nitrogens with zero attached hydrogens (tertiary/aromatic N) is 4. The molecule has 8 heteroatoms. The molecular weight excluding hydrogens is 320 g/mol. The van der Waals surface area contributed by atoms with Crippen LogP contribution in [0, 0.1) is 6.92 Å². The summed E-state index contributed by atoms with van der Waals surface area (Å²) in [4.78, 5) is 30.7. The van der Waals surface area contributed by atoms with E-state index in [1.165, 1.54) is 13.1 Å². The molecule has 25 heavy (non-hydrogen) atoms. The Morgan fingerprint density at radius 1 is 1.16 bits per heavy atom. The first-order valence-electron chi connectivity index (χ1n) is 7.64. The topological polar surface area (TPSA) is 109 Å². The van der Waals surface area contributed by atoms with Crippen LogP contribution in [0.2, 0.25) is 0 Å². The molecule has 0 amide bonds. The summed E-state index contributed by atoms with van der Waals surface area (Å²) < 4.78 is 1.70. The zero-order valence-corrected chi connectivity index (χ0v) is 13.6. The Labute approximate surface area is 141 Å². The van der Waals surface area contributed by atoms with E-state index in [1.54, 1.807) is 10.9 Å². The van der Waals surface area contributed by atoms with Gasteiger partial charge in [-0.1, -0.05) is 0 Å². The van der Waals surface area contributed by atoms with E-state index in [9.17, 15) is 9.59 Å². The van der Waals surface area contributed by atoms with E-state index < -0.39 is 0 Å². The lowest BCUT2D eigenvalue weighted by Gasteiger charge is -2.06. The SMILES string of the molecule is CC(=O)c1cnn(-c2ccc(-c3nc4cn[nH]c4c(=O)[nH]3)cc2)c1C. The molecular formula is C17H14N6O2. The minimum absolute atomic E-state index is 0.0180. The highest BCUT2D eigenvalue weighted by Gasteiger charge is 2.12. The normalized spacial score (nSPS) is 11.1. The third-order valence-electron chi connectivity index (χ3n) is 4.08. The van der Waals surface area contributed by atoms with Crippen molar-refractivity contribution in [3.8, 4) is 17.1 Å². The molecule has 2 N–H and O–H groups in total. The highest BCUT2D eigenvalue weighted by Crippen LogP contribution is 2.20. The second-order valence-corrected chi connectivity index (χ2v) is 5.70. The molecule has 0 radical (unpaired) electrons. The minimum atomic E-state index is -0.268. The highest BCUT2D eigenvalue weighted by atomic mass is 16.1. The van der Waals surface area contributed by atoms with Crippen LogP contribution < -0.4 is 5.56 Å². The number of hydrogen-bond acceptors (Lipinski definition) is 5. The van der Waals surface area contributed by atoms with E-state index in [2.05, 4.69) is 25.3 Å². The van der Waals surface area contributed by atoms with Crippen LogP contribution >= 0.6 is 0 Å². The van der Waals surface area contributed by atoms with Gasteiger partial charge in [-0.25, -0.2) is 9.67 Å². The van der Waals surface area contributed by atoms with Gasteiger partial charge in [-0.15, -0.1) is 0 Å². The van der Waals surface area contributed by atoms with Crippen LogP contribution in [-0.2, 0) is 0 Å². The van der Waals surface area contributed by atoms with Crippen LogP contribution in [0.1, 0.15) is 23.0 Å². The van der Waals surface area contributed by atoms with E-state index in [4.69, 9.17) is 0 Å². The Hall–Kier alpha value is -3.55. The average Bonchev–Trinajstić information content (AvgIpc) is 3.21. The van der Waals surface area contributed by atoms with Crippen molar-refractivity contribution in [2.24, 2.45) is 0 Å². The van der Waals surface area contributed by atoms with Crippen molar-refractivity contribution in [1.29, 1.82) is 0 Å². The summed E-state index contributed by atoms with van der Waals surface area (Å²) in [5.41, 5.74) is 3.56. The molecule has 0 aliphatic carbocycles. The Morgan fingerprint density at radius 3 is 2.60 bits per heavy atom. The fourth-order valence-corrected chi connectivity index (χ4v) is 2.76. The number of fused-ring (bicyclic) bond motifs is 1. The first kappa shape index (κ1) is 15.0. The van der Waals surface area contributed by atoms with Crippen molar-refractivity contribution in [2.45, 2.75) is 13.8 Å². The summed E-state index contributed by atoms with van der Waals surface area (Å²) in [6.45, 7) is 3.37. The predicted octanol–water partition coefficient (Wildman–Crippen LogP) is 2.01. The maximum atomic E-state index is 12.0. The zero-order chi connectivity index (χ0) is 17.6. The number of aromatic nitrogens is 6. The Balaban J connectivity index is 1.74. The first-order valence-corrected chi connectivity index (χ1v) is 7.64. The summed E-state index contributed by atoms with van der Waals surface area (Å²) in [6.07, 6.45) is 3.08. The maximum Gasteiger partial charge on any atom is 0.277 e. The number of benzene rings is 1. The molecule has 0 fully saturated rings. The van der Waals surface area contributed by atoms with Gasteiger partial charge in [-0.3, -0.25) is 14.7 Å². The van der Waals surface area contributed by atoms with Crippen molar-refractivity contribution in [3.63, 3.8) is 0 Å². The number of Topliss-reactive ketones (excluding diaryl/α,β-unsaturated/α-hetero) is 1. The number of H-pyrrole nitrogens is 2. The van der Waals surface area contributed by atoms with Crippen molar-refractivity contribution < 1.29 is 4.79 Å². The molecule has 0 aliphatic heterocycles. The molecule has 8 nitrogen and oxygen atoms in total. The molecule has 4 rings (SSSR count). The number of nitrogens with one attached hydrogen (secondary N) is 2. The van der Waals surface area contributed by atoms with E-state index in [0.29, 0.717) is 22.4 Å². The van der Waals surface area contributed by atoms with Gasteiger partial charge in [0.2, 0.25) is 0 Å². The van der Waals surface area contributed by atoms with Crippen LogP contribution in [0.15, 0.2) is 41.5 Å². The standard InChI is InChI=1S/C17H14N6O2/c1-9-13(10(2)24)7-19-23(9)12-5-3-11(4-6-12)16-20-14-8-18-22-15(14)17(25)21-16/h3-8H,1-2H3,(H,18,22)(H,20,21,25). The number of aromatic amines is 2. The summed E-state index contributed by atoms with van der Waals surface area (Å²) in [7, 11) is 0. The Bertz CT molecular complexity index is 1150. The van der Waals surface area contributed by atoms with Crippen LogP contribution in [0.3, 0.4) is 0 Å². The third kappa shape index (κ3) is 2.44. The monoisotopic (exact) mass is 334 g/mol. The van der Waals surface area contributed by atoms with Crippen LogP contribution in [0.5, 0.6) is 0 Å². The van der Waals surface area contributed by atoms with Gasteiger partial charge in [0.15, 0.2) is 5.78 Å². The lowest BCUT2D eigenvalue weighted by atomic mass is 10.1. The average molecular weight is 334 g/mol. The van der Waals surface area contributed by atoms with Gasteiger partial charge in [0.25, 0.3) is 5.56 Å². The summed E-state index contributed by atoms with van der Waals surface area (Å²) >= 11 is 0. The van der Waals surface area contributed by atoms with Gasteiger partial charge in [0.1, 0.15) is 16.9 Å². The number of carbonyl (C=O) groups is 1. The molecule has 3 aromatic heterocycles. The molecule has 0 saturated heterocycles. The van der Waals surface area contributed by atoms with E-state index in [-0.39, 0.29) is 11.3 Å². The smallest absolute Gasteiger partial charge is 0.277 e. The van der Waals surface area contributed by atoms with Gasteiger partial charge in [0, 0.05) is 5.56 Å². The zero-order valence-electron chi connectivity index (χ0n) is 13.6. The molecule has 0 saturated carbocycles. The van der Waals surface area contributed by atoms with Crippen molar-refractivity contribution in [1.82, 2.24) is 29.9 Å². The van der Waals surface area contributed by atoms with Gasteiger partial charge in [0.05, 0.1) is 29.3 Å². The van der Waals surface area contributed by atoms with Crippen molar-refractivity contribution >= 4 is 16.8 Å². The van der Waals surface area contributed by atoms with Gasteiger partial charge < -0.3 is 4.98 Å². The lowest BCUT2D eigenvalue weighted by Crippen LogP contribution is -2.09. The molecule has 0 atom stereocenters. The Kier molecular flexibility index (Phi) is 3.31. The number of hydrogen-bond donors (Lipinski definition) is 2. The van der Waals surface area contributed by atoms with E-state index >= 15 is 0 Å². The van der Waals surface area contributed by atoms with Crippen LogP contribution in [-0.4, -0.2) is 35.7 Å². The maximum absolute atomic E-state index is 12.0. The molecule has 0 unspecified atom stereocenters. The largest absolute Gasteiger partial charge is 0.305 e. The number of carbonyl (C=O) groups excluding carboxylic acids is 1. The molecule has 0 spiro atoms. The summed E-state index contributed by atoms with van der Waals surface area (Å²) in [6, 6.07) is 7.40. The van der Waals surface area contributed by atoms with Gasteiger partial charge in [-0.2, -0.15) is 10.2 Å². The molecule has 0 aliphatic rings. The van der Waals surface area contributed by atoms with E-state index in [0.717, 1.165) is 16.9 Å². The predicted molar refractivity (Wildman–Crippen MR) is 91.8 cm³/mol. The fourth-order valence-electron chi connectivity index (χ4n) is 2.76. The minimum Gasteiger partial charge on any atom is -0.305 e. The van der Waals surface area contributed by atoms with Crippen LogP contribution in [0.4, 0.5) is 0 Å². The van der Waals surface area contributed by atoms with Crippen molar-refractivity contribution in [2.75, 3.05) is 0 Å². The third-order valence-corrected chi connectivity index (χ3v) is 4.08. The summed E-state index contributed by atoms with van der Waals surface area (Å²) in [5, 5.41) is 10.7. The molecule has 124 valence electrons. The number of ketones is 1. The molecule has 1 aromatic carbocycles. The molecule has 3 heterocycles. The highest BCUT2D eigenvalue weighted by molar-refractivity contribution is 5.95. The second-order valence-electron chi connectivity index (χ2n) is 5.70. The van der Waals surface area contributed by atoms with Crippen LogP contribution in [0.25, 0.3) is 28.1 Å². The second kappa shape index (κ2) is 5.52. The molecule has 4 aromatic rings. The molecule has 0 bridgehead atoms. The van der Waals surface area contributed by atoms with Crippen molar-refractivity contribution in [3.05, 3.63) is 58.3 Å². The van der Waals surface area contributed by atoms with Gasteiger partial charge >= 0.3 is 0 Å². The fraction of sp³-hybridized carbons (Fsp3) is 0.118. The number of rotatable bonds is 3. The van der Waals surface area contributed by atoms with E-state index in [1.807, 2.05) is 31.2 Å². The Morgan fingerprint density at radius 2 is 1.92 bits per heavy atom.